The number of nitrogens with zero attached hydrogens (tertiary/aromatic N) is 2. The molecule has 5 nitrogen and oxygen atoms in total. The molecule has 102 valence electrons. The number of anilines is 2. The minimum absolute atomic E-state index is 0.0209. The van der Waals surface area contributed by atoms with Crippen molar-refractivity contribution in [1.82, 2.24) is 0 Å². The molecule has 3 N–H and O–H groups in total. The molecule has 0 atom stereocenters. The Morgan fingerprint density at radius 3 is 2.68 bits per heavy atom. The fraction of sp³-hybridized carbons (Fsp3) is 0.385. The van der Waals surface area contributed by atoms with Gasteiger partial charge in [0.15, 0.2) is 0 Å². The van der Waals surface area contributed by atoms with Gasteiger partial charge in [-0.15, -0.1) is 0 Å². The summed E-state index contributed by atoms with van der Waals surface area (Å²) in [5.41, 5.74) is 6.39. The van der Waals surface area contributed by atoms with Crippen LogP contribution in [0.4, 0.5) is 11.4 Å². The smallest absolute Gasteiger partial charge is 0.337 e. The minimum Gasteiger partial charge on any atom is -0.478 e. The van der Waals surface area contributed by atoms with E-state index in [4.69, 9.17) is 22.6 Å². The Morgan fingerprint density at radius 1 is 1.58 bits per heavy atom. The number of rotatable bonds is 5. The number of benzene rings is 1. The molecule has 0 unspecified atom stereocenters. The molecule has 0 aliphatic carbocycles. The van der Waals surface area contributed by atoms with Crippen LogP contribution in [0.15, 0.2) is 12.1 Å². The Kier molecular flexibility index (Phi) is 5.02. The summed E-state index contributed by atoms with van der Waals surface area (Å²) >= 11 is 6.13. The summed E-state index contributed by atoms with van der Waals surface area (Å²) in [5, 5.41) is 18.2. The number of hydrogen-bond donors (Lipinski definition) is 2. The molecule has 0 bridgehead atoms. The van der Waals surface area contributed by atoms with Gasteiger partial charge >= 0.3 is 5.97 Å². The molecule has 1 rings (SSSR count). The third-order valence-electron chi connectivity index (χ3n) is 2.69. The summed E-state index contributed by atoms with van der Waals surface area (Å²) in [6.45, 7) is 4.24. The molecule has 0 amide bonds. The highest BCUT2D eigenvalue weighted by Gasteiger charge is 2.22. The molecule has 0 radical (unpaired) electrons. The predicted molar refractivity (Wildman–Crippen MR) is 75.5 cm³/mol. The van der Waals surface area contributed by atoms with Crippen LogP contribution < -0.4 is 10.6 Å². The lowest BCUT2D eigenvalue weighted by atomic mass is 10.1. The molecule has 0 spiro atoms. The molecule has 1 aromatic rings. The van der Waals surface area contributed by atoms with Crippen molar-refractivity contribution in [3.05, 3.63) is 22.7 Å². The van der Waals surface area contributed by atoms with E-state index in [1.807, 2.05) is 19.9 Å². The molecule has 0 saturated heterocycles. The van der Waals surface area contributed by atoms with Gasteiger partial charge in [-0.05, 0) is 26.0 Å². The van der Waals surface area contributed by atoms with E-state index < -0.39 is 5.97 Å². The zero-order valence-electron chi connectivity index (χ0n) is 10.9. The zero-order valence-corrected chi connectivity index (χ0v) is 11.6. The first-order valence-corrected chi connectivity index (χ1v) is 6.22. The quantitative estimate of drug-likeness (QED) is 0.810. The number of carbonyl (C=O) groups is 1. The average molecular weight is 282 g/mol. The molecular weight excluding hydrogens is 266 g/mol. The molecular formula is C13H16ClN3O2. The van der Waals surface area contributed by atoms with E-state index >= 15 is 0 Å². The maximum atomic E-state index is 11.3. The van der Waals surface area contributed by atoms with Crippen molar-refractivity contribution in [2.24, 2.45) is 0 Å². The van der Waals surface area contributed by atoms with Gasteiger partial charge in [0.2, 0.25) is 0 Å². The summed E-state index contributed by atoms with van der Waals surface area (Å²) in [7, 11) is 0. The van der Waals surface area contributed by atoms with Gasteiger partial charge in [-0.1, -0.05) is 11.6 Å². The molecule has 1 aromatic carbocycles. The van der Waals surface area contributed by atoms with Gasteiger partial charge in [-0.2, -0.15) is 5.26 Å². The number of aromatic carboxylic acids is 1. The maximum absolute atomic E-state index is 11.3. The predicted octanol–water partition coefficient (Wildman–Crippen LogP) is 2.75. The van der Waals surface area contributed by atoms with Crippen molar-refractivity contribution in [3.63, 3.8) is 0 Å². The van der Waals surface area contributed by atoms with Gasteiger partial charge in [0, 0.05) is 18.3 Å². The van der Waals surface area contributed by atoms with Crippen LogP contribution in [0.3, 0.4) is 0 Å². The molecule has 0 saturated carbocycles. The van der Waals surface area contributed by atoms with Crippen molar-refractivity contribution in [3.8, 4) is 6.07 Å². The highest BCUT2D eigenvalue weighted by Crippen LogP contribution is 2.34. The summed E-state index contributed by atoms with van der Waals surface area (Å²) in [6, 6.07) is 4.97. The minimum atomic E-state index is -1.09. The van der Waals surface area contributed by atoms with E-state index in [1.165, 1.54) is 12.1 Å². The summed E-state index contributed by atoms with van der Waals surface area (Å²) < 4.78 is 0. The second-order valence-electron chi connectivity index (χ2n) is 4.40. The Hall–Kier alpha value is -1.93. The van der Waals surface area contributed by atoms with Crippen LogP contribution in [0.2, 0.25) is 5.02 Å². The van der Waals surface area contributed by atoms with Gasteiger partial charge < -0.3 is 15.7 Å². The van der Waals surface area contributed by atoms with Crippen LogP contribution >= 0.6 is 11.6 Å². The van der Waals surface area contributed by atoms with Crippen molar-refractivity contribution < 1.29 is 9.90 Å². The van der Waals surface area contributed by atoms with Crippen LogP contribution in [0.5, 0.6) is 0 Å². The second kappa shape index (κ2) is 6.30. The number of carboxylic acid groups (broad SMARTS) is 1. The SMILES string of the molecule is CC(C)N(CCC#N)c1c(Cl)cc(N)cc1C(=O)O. The molecule has 0 fully saturated rings. The fourth-order valence-electron chi connectivity index (χ4n) is 1.87. The normalized spacial score (nSPS) is 10.3. The van der Waals surface area contributed by atoms with Crippen LogP contribution in [0, 0.1) is 11.3 Å². The first-order valence-electron chi connectivity index (χ1n) is 5.84. The van der Waals surface area contributed by atoms with Gasteiger partial charge in [-0.3, -0.25) is 0 Å². The van der Waals surface area contributed by atoms with E-state index in [-0.39, 0.29) is 23.0 Å². The lowest BCUT2D eigenvalue weighted by Crippen LogP contribution is -2.33. The lowest BCUT2D eigenvalue weighted by molar-refractivity contribution is 0.0697. The van der Waals surface area contributed by atoms with Crippen molar-refractivity contribution in [2.75, 3.05) is 17.2 Å². The average Bonchev–Trinajstić information content (AvgIpc) is 2.30. The third kappa shape index (κ3) is 3.52. The van der Waals surface area contributed by atoms with Crippen molar-refractivity contribution in [2.45, 2.75) is 26.3 Å². The van der Waals surface area contributed by atoms with E-state index in [9.17, 15) is 9.90 Å². The van der Waals surface area contributed by atoms with Gasteiger partial charge in [-0.25, -0.2) is 4.79 Å². The van der Waals surface area contributed by atoms with Crippen molar-refractivity contribution >= 4 is 28.9 Å². The fourth-order valence-corrected chi connectivity index (χ4v) is 2.21. The van der Waals surface area contributed by atoms with E-state index in [2.05, 4.69) is 0 Å². The number of nitrogens with two attached hydrogens (primary N) is 1. The maximum Gasteiger partial charge on any atom is 0.337 e. The summed E-state index contributed by atoms with van der Waals surface area (Å²) in [6.07, 6.45) is 0.290. The number of halogens is 1. The number of nitrogen functional groups attached to an aromatic ring is 1. The largest absolute Gasteiger partial charge is 0.478 e. The molecule has 0 heterocycles. The number of carboxylic acids is 1. The Morgan fingerprint density at radius 2 is 2.21 bits per heavy atom. The van der Waals surface area contributed by atoms with E-state index in [0.717, 1.165) is 0 Å². The second-order valence-corrected chi connectivity index (χ2v) is 4.81. The topological polar surface area (TPSA) is 90.4 Å². The molecule has 19 heavy (non-hydrogen) atoms. The number of nitriles is 1. The molecule has 0 aliphatic rings. The molecule has 0 aromatic heterocycles. The van der Waals surface area contributed by atoms with E-state index in [0.29, 0.717) is 17.9 Å². The van der Waals surface area contributed by atoms with Crippen LogP contribution in [0.1, 0.15) is 30.6 Å². The Labute approximate surface area is 117 Å². The third-order valence-corrected chi connectivity index (χ3v) is 2.98. The standard InChI is InChI=1S/C13H16ClN3O2/c1-8(2)17(5-3-4-15)12-10(13(18)19)6-9(16)7-11(12)14/h6-8H,3,5,16H2,1-2H3,(H,18,19). The van der Waals surface area contributed by atoms with Crippen LogP contribution in [-0.2, 0) is 0 Å². The van der Waals surface area contributed by atoms with E-state index in [1.54, 1.807) is 4.90 Å². The van der Waals surface area contributed by atoms with Gasteiger partial charge in [0.1, 0.15) is 0 Å². The van der Waals surface area contributed by atoms with Gasteiger partial charge in [0.25, 0.3) is 0 Å². The zero-order chi connectivity index (χ0) is 14.6. The highest BCUT2D eigenvalue weighted by atomic mass is 35.5. The van der Waals surface area contributed by atoms with Crippen molar-refractivity contribution in [1.29, 1.82) is 5.26 Å². The first kappa shape index (κ1) is 15.1. The molecule has 6 heteroatoms. The van der Waals surface area contributed by atoms with Crippen LogP contribution in [0.25, 0.3) is 0 Å². The summed E-state index contributed by atoms with van der Waals surface area (Å²) in [4.78, 5) is 13.1. The Balaban J connectivity index is 3.36. The lowest BCUT2D eigenvalue weighted by Gasteiger charge is -2.30. The highest BCUT2D eigenvalue weighted by molar-refractivity contribution is 6.34. The monoisotopic (exact) mass is 281 g/mol. The number of hydrogen-bond acceptors (Lipinski definition) is 4. The van der Waals surface area contributed by atoms with Gasteiger partial charge in [0.05, 0.1) is 28.8 Å². The summed E-state index contributed by atoms with van der Waals surface area (Å²) in [5.74, 6) is -1.09. The van der Waals surface area contributed by atoms with Crippen LogP contribution in [-0.4, -0.2) is 23.7 Å². The Bertz CT molecular complexity index is 523. The first-order chi connectivity index (χ1) is 8.88. The molecule has 0 aliphatic heterocycles.